The van der Waals surface area contributed by atoms with Gasteiger partial charge >= 0.3 is 58.4 Å². The number of halogens is 4. The Balaban J connectivity index is 0.00000169. The van der Waals surface area contributed by atoms with Crippen LogP contribution < -0.4 is 61.6 Å². The second kappa shape index (κ2) is 5.45. The molecule has 0 saturated heterocycles. The van der Waals surface area contributed by atoms with Crippen molar-refractivity contribution in [2.75, 3.05) is 7.11 Å². The molecular weight excluding hydrogens is 228 g/mol. The minimum absolute atomic E-state index is 0. The molecule has 1 aromatic heterocycles. The molecule has 2 nitrogen and oxygen atoms in total. The van der Waals surface area contributed by atoms with Gasteiger partial charge in [-0.25, -0.2) is 9.37 Å². The molecule has 0 N–H and O–H groups in total. The van der Waals surface area contributed by atoms with Crippen LogP contribution in [0, 0.1) is 5.82 Å². The molecule has 0 aliphatic heterocycles. The van der Waals surface area contributed by atoms with E-state index in [1.165, 1.54) is 0 Å². The molecule has 72 valence electrons. The van der Waals surface area contributed by atoms with Gasteiger partial charge in [0.1, 0.15) is 5.82 Å². The number of ether oxygens (including phenoxy) is 1. The number of hydrogen-bond donors (Lipinski definition) is 0. The molecule has 1 heterocycles. The summed E-state index contributed by atoms with van der Waals surface area (Å²) in [5.74, 6) is -1.64. The molecule has 0 saturated carbocycles. The Morgan fingerprint density at radius 1 is 1.36 bits per heavy atom. The summed E-state index contributed by atoms with van der Waals surface area (Å²) >= 11 is 0. The summed E-state index contributed by atoms with van der Waals surface area (Å²) in [5, 5.41) is 0. The molecule has 1 rings (SSSR count). The van der Waals surface area contributed by atoms with Crippen LogP contribution >= 0.6 is 0 Å². The van der Waals surface area contributed by atoms with E-state index >= 15 is 0 Å². The standard InChI is InChI=1S/C6H5BF4NO.K/c1-13-6-2-4(7(9,10)11)5(8)3-12-6;/h2-3H,1H3;/q-1;+1. The van der Waals surface area contributed by atoms with E-state index in [1.54, 1.807) is 0 Å². The summed E-state index contributed by atoms with van der Waals surface area (Å²) in [4.78, 5) is 3.28. The molecule has 0 aliphatic carbocycles. The third kappa shape index (κ3) is 3.50. The quantitative estimate of drug-likeness (QED) is 0.448. The molecule has 1 aromatic rings. The van der Waals surface area contributed by atoms with Gasteiger partial charge in [0.05, 0.1) is 13.3 Å². The molecule has 0 fully saturated rings. The maximum absolute atomic E-state index is 12.6. The van der Waals surface area contributed by atoms with Gasteiger partial charge in [0.15, 0.2) is 0 Å². The van der Waals surface area contributed by atoms with Crippen LogP contribution in [0.15, 0.2) is 12.3 Å². The van der Waals surface area contributed by atoms with Crippen LogP contribution in [0.3, 0.4) is 0 Å². The van der Waals surface area contributed by atoms with Crippen molar-refractivity contribution in [2.24, 2.45) is 0 Å². The van der Waals surface area contributed by atoms with Gasteiger partial charge in [0.25, 0.3) is 0 Å². The first-order valence-corrected chi connectivity index (χ1v) is 3.34. The van der Waals surface area contributed by atoms with Crippen molar-refractivity contribution in [2.45, 2.75) is 0 Å². The van der Waals surface area contributed by atoms with Crippen LogP contribution in [0.25, 0.3) is 0 Å². The van der Waals surface area contributed by atoms with E-state index in [1.807, 2.05) is 0 Å². The van der Waals surface area contributed by atoms with Crippen LogP contribution in [0.4, 0.5) is 17.3 Å². The Morgan fingerprint density at radius 3 is 2.36 bits per heavy atom. The largest absolute Gasteiger partial charge is 1.00 e. The number of pyridine rings is 1. The van der Waals surface area contributed by atoms with Gasteiger partial charge in [-0.1, -0.05) is 5.46 Å². The fourth-order valence-corrected chi connectivity index (χ4v) is 0.797. The van der Waals surface area contributed by atoms with E-state index in [0.717, 1.165) is 7.11 Å². The number of methoxy groups -OCH3 is 1. The molecule has 14 heavy (non-hydrogen) atoms. The smallest absolute Gasteiger partial charge is 0.481 e. The summed E-state index contributed by atoms with van der Waals surface area (Å²) < 4.78 is 53.3. The predicted octanol–water partition coefficient (Wildman–Crippen LogP) is -1.71. The fourth-order valence-electron chi connectivity index (χ4n) is 0.797. The molecule has 0 aliphatic rings. The molecular formula is C6H5BF4KNO. The zero-order chi connectivity index (χ0) is 10.1. The molecule has 0 amide bonds. The van der Waals surface area contributed by atoms with Gasteiger partial charge in [0.2, 0.25) is 5.88 Å². The number of rotatable bonds is 2. The molecule has 0 radical (unpaired) electrons. The van der Waals surface area contributed by atoms with Crippen LogP contribution in [-0.4, -0.2) is 19.1 Å². The number of hydrogen-bond acceptors (Lipinski definition) is 2. The third-order valence-electron chi connectivity index (χ3n) is 1.42. The average molecular weight is 233 g/mol. The number of aromatic nitrogens is 1. The maximum Gasteiger partial charge on any atom is 1.00 e. The topological polar surface area (TPSA) is 22.1 Å². The van der Waals surface area contributed by atoms with Crippen molar-refractivity contribution in [1.82, 2.24) is 4.98 Å². The monoisotopic (exact) mass is 233 g/mol. The van der Waals surface area contributed by atoms with E-state index in [2.05, 4.69) is 9.72 Å². The Labute approximate surface area is 121 Å². The minimum Gasteiger partial charge on any atom is -0.481 e. The van der Waals surface area contributed by atoms with E-state index in [0.29, 0.717) is 12.3 Å². The fraction of sp³-hybridized carbons (Fsp3) is 0.167. The van der Waals surface area contributed by atoms with Gasteiger partial charge in [0, 0.05) is 0 Å². The first kappa shape index (κ1) is 14.4. The second-order valence-electron chi connectivity index (χ2n) is 2.32. The van der Waals surface area contributed by atoms with E-state index in [9.17, 15) is 17.3 Å². The van der Waals surface area contributed by atoms with E-state index in [-0.39, 0.29) is 57.3 Å². The summed E-state index contributed by atoms with van der Waals surface area (Å²) in [6, 6.07) is 0.537. The molecule has 8 heteroatoms. The Kier molecular flexibility index (Phi) is 5.60. The van der Waals surface area contributed by atoms with Crippen LogP contribution in [0.2, 0.25) is 0 Å². The van der Waals surface area contributed by atoms with Crippen molar-refractivity contribution >= 4 is 12.4 Å². The summed E-state index contributed by atoms with van der Waals surface area (Å²) in [6.07, 6.45) is 0.489. The summed E-state index contributed by atoms with van der Waals surface area (Å²) in [7, 11) is 1.16. The normalized spacial score (nSPS) is 10.6. The van der Waals surface area contributed by atoms with Crippen molar-refractivity contribution in [3.05, 3.63) is 18.1 Å². The SMILES string of the molecule is COc1cc([B-](F)(F)F)c(F)cn1.[K+]. The van der Waals surface area contributed by atoms with Gasteiger partial charge in [-0.05, 0) is 6.07 Å². The molecule has 0 atom stereocenters. The maximum atomic E-state index is 12.6. The first-order chi connectivity index (χ1) is 5.95. The molecule has 0 aromatic carbocycles. The molecule has 0 unspecified atom stereocenters. The first-order valence-electron chi connectivity index (χ1n) is 3.34. The van der Waals surface area contributed by atoms with E-state index < -0.39 is 18.3 Å². The zero-order valence-electron chi connectivity index (χ0n) is 7.60. The van der Waals surface area contributed by atoms with Crippen molar-refractivity contribution in [1.29, 1.82) is 0 Å². The van der Waals surface area contributed by atoms with Crippen LogP contribution in [0.5, 0.6) is 5.88 Å². The van der Waals surface area contributed by atoms with Crippen molar-refractivity contribution in [3.8, 4) is 5.88 Å². The molecule has 0 bridgehead atoms. The second-order valence-corrected chi connectivity index (χ2v) is 2.32. The molecule has 0 spiro atoms. The van der Waals surface area contributed by atoms with Crippen molar-refractivity contribution < 1.29 is 73.5 Å². The Hall–Kier alpha value is 0.371. The zero-order valence-corrected chi connectivity index (χ0v) is 10.7. The van der Waals surface area contributed by atoms with Gasteiger partial charge in [-0.15, -0.1) is 0 Å². The number of nitrogens with zero attached hydrogens (tertiary/aromatic N) is 1. The van der Waals surface area contributed by atoms with Crippen molar-refractivity contribution in [3.63, 3.8) is 0 Å². The summed E-state index contributed by atoms with van der Waals surface area (Å²) in [5.41, 5.74) is -1.31. The van der Waals surface area contributed by atoms with Gasteiger partial charge in [-0.3, -0.25) is 0 Å². The Morgan fingerprint density at radius 2 is 1.93 bits per heavy atom. The van der Waals surface area contributed by atoms with Crippen LogP contribution in [-0.2, 0) is 0 Å². The Bertz CT molecular complexity index is 319. The predicted molar refractivity (Wildman–Crippen MR) is 39.5 cm³/mol. The minimum atomic E-state index is -5.35. The third-order valence-corrected chi connectivity index (χ3v) is 1.42. The average Bonchev–Trinajstić information content (AvgIpc) is 2.03. The van der Waals surface area contributed by atoms with Crippen LogP contribution in [0.1, 0.15) is 0 Å². The van der Waals surface area contributed by atoms with E-state index in [4.69, 9.17) is 0 Å². The van der Waals surface area contributed by atoms with Gasteiger partial charge in [-0.2, -0.15) is 0 Å². The van der Waals surface area contributed by atoms with Gasteiger partial charge < -0.3 is 17.7 Å². The summed E-state index contributed by atoms with van der Waals surface area (Å²) in [6.45, 7) is -5.35.